The standard InChI is InChI=1S/C12H15ClN2O2S/c1-6(13)11(17)15-12-9(10(14)16)7-4-2-3-5-8(7)18-12/h6H,2-5H2,1H3,(H2,14,16)(H,15,17)/t6-/m1/s1. The number of primary amides is 1. The number of aryl methyl sites for hydroxylation is 1. The number of fused-ring (bicyclic) bond motifs is 1. The maximum atomic E-state index is 11.6. The zero-order chi connectivity index (χ0) is 13.3. The Bertz CT molecular complexity index is 497. The van der Waals surface area contributed by atoms with E-state index in [0.29, 0.717) is 10.6 Å². The van der Waals surface area contributed by atoms with Crippen LogP contribution in [-0.2, 0) is 17.6 Å². The molecule has 2 amide bonds. The van der Waals surface area contributed by atoms with Crippen LogP contribution >= 0.6 is 22.9 Å². The van der Waals surface area contributed by atoms with Gasteiger partial charge in [-0.05, 0) is 38.2 Å². The number of hydrogen-bond acceptors (Lipinski definition) is 3. The fraction of sp³-hybridized carbons (Fsp3) is 0.500. The molecule has 1 atom stereocenters. The highest BCUT2D eigenvalue weighted by atomic mass is 35.5. The molecular formula is C12H15ClN2O2S. The predicted octanol–water partition coefficient (Wildman–Crippen LogP) is 2.29. The number of halogens is 1. The van der Waals surface area contributed by atoms with Gasteiger partial charge in [-0.25, -0.2) is 0 Å². The molecule has 0 aromatic carbocycles. The Morgan fingerprint density at radius 3 is 2.67 bits per heavy atom. The van der Waals surface area contributed by atoms with Gasteiger partial charge in [0.15, 0.2) is 0 Å². The molecule has 98 valence electrons. The van der Waals surface area contributed by atoms with Crippen LogP contribution in [0.1, 0.15) is 40.6 Å². The molecule has 0 unspecified atom stereocenters. The van der Waals surface area contributed by atoms with Gasteiger partial charge in [-0.2, -0.15) is 0 Å². The zero-order valence-electron chi connectivity index (χ0n) is 10.1. The van der Waals surface area contributed by atoms with Crippen LogP contribution in [0.5, 0.6) is 0 Å². The smallest absolute Gasteiger partial charge is 0.251 e. The van der Waals surface area contributed by atoms with Gasteiger partial charge in [-0.15, -0.1) is 22.9 Å². The minimum atomic E-state index is -0.634. The normalized spacial score (nSPS) is 15.9. The molecule has 1 aromatic rings. The average molecular weight is 287 g/mol. The van der Waals surface area contributed by atoms with Gasteiger partial charge in [0.25, 0.3) is 5.91 Å². The van der Waals surface area contributed by atoms with E-state index >= 15 is 0 Å². The van der Waals surface area contributed by atoms with E-state index in [-0.39, 0.29) is 5.91 Å². The molecule has 0 spiro atoms. The van der Waals surface area contributed by atoms with Crippen molar-refractivity contribution in [2.24, 2.45) is 5.73 Å². The number of nitrogens with one attached hydrogen (secondary N) is 1. The van der Waals surface area contributed by atoms with Crippen molar-refractivity contribution in [3.05, 3.63) is 16.0 Å². The molecule has 0 fully saturated rings. The van der Waals surface area contributed by atoms with E-state index in [4.69, 9.17) is 17.3 Å². The number of amides is 2. The van der Waals surface area contributed by atoms with Gasteiger partial charge < -0.3 is 11.1 Å². The first kappa shape index (κ1) is 13.4. The van der Waals surface area contributed by atoms with Crippen LogP contribution < -0.4 is 11.1 Å². The molecule has 3 N–H and O–H groups in total. The number of hydrogen-bond donors (Lipinski definition) is 2. The summed E-state index contributed by atoms with van der Waals surface area (Å²) < 4.78 is 0. The van der Waals surface area contributed by atoms with Gasteiger partial charge >= 0.3 is 0 Å². The largest absolute Gasteiger partial charge is 0.365 e. The van der Waals surface area contributed by atoms with Crippen LogP contribution in [0.2, 0.25) is 0 Å². The Hall–Kier alpha value is -1.07. The second kappa shape index (κ2) is 5.28. The lowest BCUT2D eigenvalue weighted by molar-refractivity contribution is -0.115. The lowest BCUT2D eigenvalue weighted by Crippen LogP contribution is -2.22. The molecular weight excluding hydrogens is 272 g/mol. The van der Waals surface area contributed by atoms with Gasteiger partial charge in [-0.3, -0.25) is 9.59 Å². The van der Waals surface area contributed by atoms with E-state index in [1.54, 1.807) is 6.92 Å². The molecule has 2 rings (SSSR count). The molecule has 4 nitrogen and oxygen atoms in total. The molecule has 0 radical (unpaired) electrons. The van der Waals surface area contributed by atoms with Crippen LogP contribution in [0.15, 0.2) is 0 Å². The molecule has 18 heavy (non-hydrogen) atoms. The lowest BCUT2D eigenvalue weighted by atomic mass is 9.95. The van der Waals surface area contributed by atoms with Crippen molar-refractivity contribution in [1.82, 2.24) is 0 Å². The Kier molecular flexibility index (Phi) is 3.92. The highest BCUT2D eigenvalue weighted by Crippen LogP contribution is 2.37. The highest BCUT2D eigenvalue weighted by molar-refractivity contribution is 7.17. The van der Waals surface area contributed by atoms with Crippen molar-refractivity contribution >= 4 is 39.8 Å². The number of anilines is 1. The van der Waals surface area contributed by atoms with E-state index in [2.05, 4.69) is 5.32 Å². The van der Waals surface area contributed by atoms with E-state index in [1.165, 1.54) is 11.3 Å². The van der Waals surface area contributed by atoms with Crippen LogP contribution in [0.25, 0.3) is 0 Å². The van der Waals surface area contributed by atoms with Crippen LogP contribution in [0.3, 0.4) is 0 Å². The molecule has 1 aliphatic carbocycles. The quantitative estimate of drug-likeness (QED) is 0.837. The number of carbonyl (C=O) groups is 2. The molecule has 1 aliphatic rings. The van der Waals surface area contributed by atoms with Crippen molar-refractivity contribution in [1.29, 1.82) is 0 Å². The van der Waals surface area contributed by atoms with E-state index in [9.17, 15) is 9.59 Å². The summed E-state index contributed by atoms with van der Waals surface area (Å²) in [4.78, 5) is 24.3. The van der Waals surface area contributed by atoms with Crippen molar-refractivity contribution in [3.8, 4) is 0 Å². The number of thiophene rings is 1. The third kappa shape index (κ3) is 2.52. The van der Waals surface area contributed by atoms with Gasteiger partial charge in [0.05, 0.1) is 5.56 Å². The third-order valence-electron chi connectivity index (χ3n) is 3.02. The number of nitrogens with two attached hydrogens (primary N) is 1. The molecule has 0 saturated carbocycles. The Morgan fingerprint density at radius 2 is 2.06 bits per heavy atom. The Morgan fingerprint density at radius 1 is 1.39 bits per heavy atom. The molecule has 0 bridgehead atoms. The summed E-state index contributed by atoms with van der Waals surface area (Å²) in [6, 6.07) is 0. The second-order valence-corrected chi connectivity index (χ2v) is 6.14. The van der Waals surface area contributed by atoms with Gasteiger partial charge in [0.1, 0.15) is 10.4 Å². The Balaban J connectivity index is 2.37. The summed E-state index contributed by atoms with van der Waals surface area (Å²) in [5.74, 6) is -0.787. The fourth-order valence-electron chi connectivity index (χ4n) is 2.13. The van der Waals surface area contributed by atoms with E-state index < -0.39 is 11.3 Å². The summed E-state index contributed by atoms with van der Waals surface area (Å²) in [5.41, 5.74) is 6.90. The topological polar surface area (TPSA) is 72.2 Å². The fourth-order valence-corrected chi connectivity index (χ4v) is 3.48. The monoisotopic (exact) mass is 286 g/mol. The minimum absolute atomic E-state index is 0.308. The number of carbonyl (C=O) groups excluding carboxylic acids is 2. The Labute approximate surface area is 115 Å². The zero-order valence-corrected chi connectivity index (χ0v) is 11.7. The molecule has 1 heterocycles. The van der Waals surface area contributed by atoms with E-state index in [0.717, 1.165) is 36.1 Å². The van der Waals surface area contributed by atoms with Crippen molar-refractivity contribution < 1.29 is 9.59 Å². The first-order valence-electron chi connectivity index (χ1n) is 5.90. The molecule has 6 heteroatoms. The lowest BCUT2D eigenvalue weighted by Gasteiger charge is -2.11. The highest BCUT2D eigenvalue weighted by Gasteiger charge is 2.25. The maximum absolute atomic E-state index is 11.6. The van der Waals surface area contributed by atoms with Crippen LogP contribution in [0.4, 0.5) is 5.00 Å². The minimum Gasteiger partial charge on any atom is -0.365 e. The van der Waals surface area contributed by atoms with Crippen LogP contribution in [-0.4, -0.2) is 17.2 Å². The molecule has 0 saturated heterocycles. The van der Waals surface area contributed by atoms with Crippen molar-refractivity contribution in [2.45, 2.75) is 38.0 Å². The predicted molar refractivity (Wildman–Crippen MR) is 73.4 cm³/mol. The van der Waals surface area contributed by atoms with E-state index in [1.807, 2.05) is 0 Å². The van der Waals surface area contributed by atoms with Crippen molar-refractivity contribution in [2.75, 3.05) is 5.32 Å². The number of rotatable bonds is 3. The van der Waals surface area contributed by atoms with Gasteiger partial charge in [-0.1, -0.05) is 0 Å². The summed E-state index contributed by atoms with van der Waals surface area (Å²) in [7, 11) is 0. The van der Waals surface area contributed by atoms with Gasteiger partial charge in [0, 0.05) is 4.88 Å². The second-order valence-electron chi connectivity index (χ2n) is 4.38. The first-order valence-corrected chi connectivity index (χ1v) is 7.15. The van der Waals surface area contributed by atoms with Crippen molar-refractivity contribution in [3.63, 3.8) is 0 Å². The summed E-state index contributed by atoms with van der Waals surface area (Å²) in [6.07, 6.45) is 3.98. The molecule has 0 aliphatic heterocycles. The SMILES string of the molecule is C[C@@H](Cl)C(=O)Nc1sc2c(c1C(N)=O)CCCC2. The summed E-state index contributed by atoms with van der Waals surface area (Å²) in [6.45, 7) is 1.59. The summed E-state index contributed by atoms with van der Waals surface area (Å²) in [5, 5.41) is 2.61. The first-order chi connectivity index (χ1) is 8.50. The van der Waals surface area contributed by atoms with Crippen LogP contribution in [0, 0.1) is 0 Å². The number of alkyl halides is 1. The maximum Gasteiger partial charge on any atom is 0.251 e. The third-order valence-corrected chi connectivity index (χ3v) is 4.42. The average Bonchev–Trinajstić information content (AvgIpc) is 2.66. The van der Waals surface area contributed by atoms with Gasteiger partial charge in [0.2, 0.25) is 5.91 Å². The molecule has 1 aromatic heterocycles. The summed E-state index contributed by atoms with van der Waals surface area (Å²) >= 11 is 7.16.